The van der Waals surface area contributed by atoms with Crippen LogP contribution in [-0.4, -0.2) is 53.7 Å². The van der Waals surface area contributed by atoms with Crippen LogP contribution in [0.3, 0.4) is 0 Å². The van der Waals surface area contributed by atoms with Gasteiger partial charge in [0.05, 0.1) is 18.6 Å². The number of β-amino-alcohol motifs (C(OH)–C–C–N with tert-alkyl or cyclic N) is 1. The van der Waals surface area contributed by atoms with Crippen LogP contribution >= 0.6 is 0 Å². The molecule has 1 saturated carbocycles. The van der Waals surface area contributed by atoms with Gasteiger partial charge in [0, 0.05) is 18.7 Å². The molecule has 0 spiro atoms. The molecule has 2 amide bonds. The van der Waals surface area contributed by atoms with Gasteiger partial charge in [0.15, 0.2) is 11.3 Å². The first-order chi connectivity index (χ1) is 16.8. The number of aliphatic hydroxyl groups excluding tert-OH is 1. The van der Waals surface area contributed by atoms with Gasteiger partial charge in [-0.2, -0.15) is 0 Å². The molecule has 9 heteroatoms. The number of carbonyl (C=O) groups excluding carboxylic acids is 2. The summed E-state index contributed by atoms with van der Waals surface area (Å²) in [6.07, 6.45) is 0.945. The molecule has 8 nitrogen and oxygen atoms in total. The van der Waals surface area contributed by atoms with E-state index < -0.39 is 29.3 Å². The lowest BCUT2D eigenvalue weighted by Crippen LogP contribution is -2.62. The fraction of sp³-hybridized carbons (Fsp3) is 0.385. The maximum absolute atomic E-state index is 13.9. The smallest absolute Gasteiger partial charge is 0.294 e. The fourth-order valence-electron chi connectivity index (χ4n) is 4.47. The van der Waals surface area contributed by atoms with E-state index in [4.69, 9.17) is 13.9 Å². The van der Waals surface area contributed by atoms with Gasteiger partial charge in [0.1, 0.15) is 23.8 Å². The van der Waals surface area contributed by atoms with Gasteiger partial charge < -0.3 is 29.2 Å². The molecule has 1 aliphatic carbocycles. The minimum Gasteiger partial charge on any atom is -0.496 e. The second kappa shape index (κ2) is 8.88. The van der Waals surface area contributed by atoms with Crippen molar-refractivity contribution in [1.29, 1.82) is 0 Å². The van der Waals surface area contributed by atoms with Gasteiger partial charge >= 0.3 is 0 Å². The van der Waals surface area contributed by atoms with Crippen LogP contribution in [0.15, 0.2) is 46.9 Å². The summed E-state index contributed by atoms with van der Waals surface area (Å²) in [5, 5.41) is 13.9. The molecule has 2 heterocycles. The van der Waals surface area contributed by atoms with Gasteiger partial charge in [-0.1, -0.05) is 18.2 Å². The van der Waals surface area contributed by atoms with Crippen molar-refractivity contribution >= 4 is 22.8 Å². The highest BCUT2D eigenvalue weighted by Gasteiger charge is 2.49. The molecule has 3 aromatic rings. The van der Waals surface area contributed by atoms with E-state index in [1.54, 1.807) is 20.1 Å². The summed E-state index contributed by atoms with van der Waals surface area (Å²) in [5.41, 5.74) is -0.390. The van der Waals surface area contributed by atoms with Crippen molar-refractivity contribution in [2.75, 3.05) is 20.3 Å². The summed E-state index contributed by atoms with van der Waals surface area (Å²) in [7, 11) is 1.55. The average Bonchev–Trinajstić information content (AvgIpc) is 3.66. The Kier molecular flexibility index (Phi) is 5.88. The van der Waals surface area contributed by atoms with Crippen LogP contribution in [0.1, 0.15) is 35.9 Å². The summed E-state index contributed by atoms with van der Waals surface area (Å²) < 4.78 is 31.0. The topological polar surface area (TPSA) is 101 Å². The zero-order valence-electron chi connectivity index (χ0n) is 19.5. The Morgan fingerprint density at radius 3 is 2.83 bits per heavy atom. The number of methoxy groups -OCH3 is 1. The van der Waals surface area contributed by atoms with E-state index in [9.17, 15) is 19.1 Å². The first kappa shape index (κ1) is 23.2. The van der Waals surface area contributed by atoms with Crippen LogP contribution in [0, 0.1) is 11.7 Å². The van der Waals surface area contributed by atoms with Crippen LogP contribution in [0.25, 0.3) is 11.0 Å². The number of benzene rings is 2. The molecule has 0 radical (unpaired) electrons. The first-order valence-corrected chi connectivity index (χ1v) is 11.6. The number of ether oxygens (including phenoxy) is 2. The molecule has 2 aliphatic rings. The summed E-state index contributed by atoms with van der Waals surface area (Å²) in [5.74, 6) is -0.868. The summed E-state index contributed by atoms with van der Waals surface area (Å²) in [4.78, 5) is 28.6. The monoisotopic (exact) mass is 482 g/mol. The van der Waals surface area contributed by atoms with Gasteiger partial charge in [0.25, 0.3) is 5.91 Å². The largest absolute Gasteiger partial charge is 0.496 e. The highest BCUT2D eigenvalue weighted by atomic mass is 19.1. The quantitative estimate of drug-likeness (QED) is 0.536. The molecule has 2 aromatic carbocycles. The predicted octanol–water partition coefficient (Wildman–Crippen LogP) is 3.26. The number of nitrogens with zero attached hydrogens (tertiary/aromatic N) is 1. The van der Waals surface area contributed by atoms with Crippen LogP contribution in [0.2, 0.25) is 0 Å². The minimum absolute atomic E-state index is 0.0592. The fourth-order valence-corrected chi connectivity index (χ4v) is 4.47. The Morgan fingerprint density at radius 1 is 1.31 bits per heavy atom. The van der Waals surface area contributed by atoms with E-state index in [0.29, 0.717) is 16.7 Å². The minimum atomic E-state index is -1.46. The Balaban J connectivity index is 1.48. The third kappa shape index (κ3) is 4.20. The van der Waals surface area contributed by atoms with Crippen molar-refractivity contribution in [1.82, 2.24) is 10.2 Å². The van der Waals surface area contributed by atoms with Gasteiger partial charge in [0.2, 0.25) is 11.7 Å². The molecule has 1 aliphatic heterocycles. The lowest BCUT2D eigenvalue weighted by atomic mass is 9.97. The molecule has 0 bridgehead atoms. The molecule has 1 fully saturated rings. The number of aliphatic hydroxyl groups is 1. The molecule has 2 N–H and O–H groups in total. The van der Waals surface area contributed by atoms with E-state index in [1.165, 1.54) is 23.1 Å². The predicted molar refractivity (Wildman–Crippen MR) is 125 cm³/mol. The standard InChI is InChI=1S/C26H27FN2O6/c1-26(25(32)28-12-16-5-3-4-6-20(16)33-2)14-34-22-18-11-17(27)9-10-21(18)35-23(22)24(31)29(26)13-19(30)15-7-8-15/h3-6,9-11,15,19,30H,7-8,12-14H2,1-2H3,(H,28,32). The Morgan fingerprint density at radius 2 is 2.09 bits per heavy atom. The normalized spacial score (nSPS) is 20.7. The highest BCUT2D eigenvalue weighted by molar-refractivity contribution is 6.04. The number of para-hydroxylation sites is 1. The number of hydrogen-bond donors (Lipinski definition) is 2. The Bertz CT molecular complexity index is 1290. The zero-order chi connectivity index (χ0) is 24.7. The maximum Gasteiger partial charge on any atom is 0.294 e. The number of fused-ring (bicyclic) bond motifs is 3. The molecule has 184 valence electrons. The molecule has 35 heavy (non-hydrogen) atoms. The number of nitrogens with one attached hydrogen (secondary N) is 1. The molecule has 1 aromatic heterocycles. The molecule has 5 rings (SSSR count). The summed E-state index contributed by atoms with van der Waals surface area (Å²) >= 11 is 0. The second-order valence-electron chi connectivity index (χ2n) is 9.28. The maximum atomic E-state index is 13.9. The van der Waals surface area contributed by atoms with Gasteiger partial charge in [-0.25, -0.2) is 4.39 Å². The highest BCUT2D eigenvalue weighted by Crippen LogP contribution is 2.40. The number of amides is 2. The second-order valence-corrected chi connectivity index (χ2v) is 9.28. The van der Waals surface area contributed by atoms with Crippen molar-refractivity contribution < 1.29 is 33.0 Å². The summed E-state index contributed by atoms with van der Waals surface area (Å²) in [6, 6.07) is 11.2. The number of furan rings is 1. The molecular weight excluding hydrogens is 455 g/mol. The van der Waals surface area contributed by atoms with Gasteiger partial charge in [-0.3, -0.25) is 9.59 Å². The lowest BCUT2D eigenvalue weighted by molar-refractivity contribution is -0.133. The number of halogens is 1. The van der Waals surface area contributed by atoms with Crippen LogP contribution in [0.5, 0.6) is 11.5 Å². The van der Waals surface area contributed by atoms with Crippen LogP contribution < -0.4 is 14.8 Å². The van der Waals surface area contributed by atoms with E-state index in [1.807, 2.05) is 18.2 Å². The molecule has 2 unspecified atom stereocenters. The van der Waals surface area contributed by atoms with Crippen LogP contribution in [0.4, 0.5) is 4.39 Å². The van der Waals surface area contributed by atoms with Crippen molar-refractivity contribution in [3.63, 3.8) is 0 Å². The van der Waals surface area contributed by atoms with Crippen LogP contribution in [-0.2, 0) is 11.3 Å². The van der Waals surface area contributed by atoms with E-state index in [-0.39, 0.29) is 37.1 Å². The summed E-state index contributed by atoms with van der Waals surface area (Å²) in [6.45, 7) is 1.50. The number of rotatable bonds is 7. The molecule has 2 atom stereocenters. The third-order valence-corrected chi connectivity index (χ3v) is 6.79. The van der Waals surface area contributed by atoms with E-state index in [2.05, 4.69) is 5.32 Å². The van der Waals surface area contributed by atoms with Gasteiger partial charge in [-0.15, -0.1) is 0 Å². The Hall–Kier alpha value is -3.59. The SMILES string of the molecule is COc1ccccc1CNC(=O)C1(C)COc2c(oc3ccc(F)cc23)C(=O)N1CC(O)C1CC1. The van der Waals surface area contributed by atoms with Crippen molar-refractivity contribution in [2.45, 2.75) is 38.0 Å². The number of carbonyl (C=O) groups is 2. The van der Waals surface area contributed by atoms with E-state index >= 15 is 0 Å². The third-order valence-electron chi connectivity index (χ3n) is 6.79. The van der Waals surface area contributed by atoms with Crippen molar-refractivity contribution in [3.8, 4) is 11.5 Å². The first-order valence-electron chi connectivity index (χ1n) is 11.6. The zero-order valence-corrected chi connectivity index (χ0v) is 19.5. The van der Waals surface area contributed by atoms with Gasteiger partial charge in [-0.05, 0) is 49.9 Å². The van der Waals surface area contributed by atoms with Crippen molar-refractivity contribution in [3.05, 3.63) is 59.6 Å². The van der Waals surface area contributed by atoms with E-state index in [0.717, 1.165) is 18.4 Å². The average molecular weight is 483 g/mol. The number of hydrogen-bond acceptors (Lipinski definition) is 6. The molecule has 0 saturated heterocycles. The Labute approximate surface area is 201 Å². The molecular formula is C26H27FN2O6. The lowest BCUT2D eigenvalue weighted by Gasteiger charge is -2.38. The van der Waals surface area contributed by atoms with Crippen molar-refractivity contribution in [2.24, 2.45) is 5.92 Å².